The zero-order valence-electron chi connectivity index (χ0n) is 12.9. The van der Waals surface area contributed by atoms with E-state index in [9.17, 15) is 9.59 Å². The quantitative estimate of drug-likeness (QED) is 0.882. The summed E-state index contributed by atoms with van der Waals surface area (Å²) in [6.07, 6.45) is -0.822. The summed E-state index contributed by atoms with van der Waals surface area (Å²) in [6, 6.07) is 16.8. The van der Waals surface area contributed by atoms with Crippen LogP contribution < -0.4 is 5.32 Å². The first-order valence-electron chi connectivity index (χ1n) is 7.58. The minimum Gasteiger partial charge on any atom is -0.463 e. The van der Waals surface area contributed by atoms with Crippen LogP contribution in [-0.2, 0) is 16.1 Å². The third-order valence-corrected chi connectivity index (χ3v) is 3.73. The first-order valence-corrected chi connectivity index (χ1v) is 7.58. The van der Waals surface area contributed by atoms with E-state index in [4.69, 9.17) is 4.74 Å². The number of nitrogens with zero attached hydrogens (tertiary/aromatic N) is 1. The summed E-state index contributed by atoms with van der Waals surface area (Å²) in [7, 11) is 0. The highest BCUT2D eigenvalue weighted by atomic mass is 16.5. The monoisotopic (exact) mass is 310 g/mol. The molecule has 1 N–H and O–H groups in total. The van der Waals surface area contributed by atoms with Crippen molar-refractivity contribution in [3.8, 4) is 0 Å². The first-order chi connectivity index (χ1) is 11.2. The van der Waals surface area contributed by atoms with Gasteiger partial charge in [-0.15, -0.1) is 0 Å². The SMILES string of the molecule is CCOC(=O)C1Nc2ccccc2C(=O)N1Cc1ccccc1. The third kappa shape index (κ3) is 3.04. The van der Waals surface area contributed by atoms with Gasteiger partial charge in [-0.2, -0.15) is 0 Å². The number of fused-ring (bicyclic) bond motifs is 1. The summed E-state index contributed by atoms with van der Waals surface area (Å²) in [5, 5.41) is 3.11. The Morgan fingerprint density at radius 3 is 2.57 bits per heavy atom. The van der Waals surface area contributed by atoms with Crippen LogP contribution in [0, 0.1) is 0 Å². The minimum atomic E-state index is -0.822. The molecule has 5 heteroatoms. The molecule has 1 unspecified atom stereocenters. The lowest BCUT2D eigenvalue weighted by atomic mass is 10.1. The van der Waals surface area contributed by atoms with Crippen LogP contribution in [0.1, 0.15) is 22.8 Å². The lowest BCUT2D eigenvalue weighted by Gasteiger charge is -2.36. The molecule has 5 nitrogen and oxygen atoms in total. The molecule has 0 saturated heterocycles. The van der Waals surface area contributed by atoms with Gasteiger partial charge in [0.15, 0.2) is 0 Å². The van der Waals surface area contributed by atoms with Gasteiger partial charge >= 0.3 is 5.97 Å². The van der Waals surface area contributed by atoms with Gasteiger partial charge in [-0.3, -0.25) is 4.79 Å². The van der Waals surface area contributed by atoms with Crippen molar-refractivity contribution in [3.05, 3.63) is 65.7 Å². The highest BCUT2D eigenvalue weighted by Crippen LogP contribution is 2.27. The van der Waals surface area contributed by atoms with Gasteiger partial charge in [0.05, 0.1) is 12.2 Å². The van der Waals surface area contributed by atoms with Crippen LogP contribution in [0.15, 0.2) is 54.6 Å². The Labute approximate surface area is 134 Å². The average Bonchev–Trinajstić information content (AvgIpc) is 2.58. The van der Waals surface area contributed by atoms with Crippen LogP contribution in [-0.4, -0.2) is 29.5 Å². The maximum absolute atomic E-state index is 12.8. The van der Waals surface area contributed by atoms with E-state index in [2.05, 4.69) is 5.32 Å². The fourth-order valence-electron chi connectivity index (χ4n) is 2.64. The van der Waals surface area contributed by atoms with Crippen molar-refractivity contribution in [2.45, 2.75) is 19.6 Å². The van der Waals surface area contributed by atoms with Crippen molar-refractivity contribution in [1.82, 2.24) is 4.90 Å². The highest BCUT2D eigenvalue weighted by molar-refractivity contribution is 6.04. The van der Waals surface area contributed by atoms with E-state index >= 15 is 0 Å². The van der Waals surface area contributed by atoms with Gasteiger partial charge in [-0.05, 0) is 24.6 Å². The number of carbonyl (C=O) groups is 2. The molecule has 118 valence electrons. The van der Waals surface area contributed by atoms with E-state index in [-0.39, 0.29) is 12.5 Å². The number of nitrogens with one attached hydrogen (secondary N) is 1. The normalized spacial score (nSPS) is 16.5. The lowest BCUT2D eigenvalue weighted by molar-refractivity contribution is -0.147. The van der Waals surface area contributed by atoms with Crippen LogP contribution in [0.25, 0.3) is 0 Å². The van der Waals surface area contributed by atoms with Crippen LogP contribution in [0.4, 0.5) is 5.69 Å². The molecule has 1 amide bonds. The molecular weight excluding hydrogens is 292 g/mol. The Kier molecular flexibility index (Phi) is 4.28. The number of anilines is 1. The van der Waals surface area contributed by atoms with E-state index < -0.39 is 12.1 Å². The number of carbonyl (C=O) groups excluding carboxylic acids is 2. The maximum atomic E-state index is 12.8. The predicted molar refractivity (Wildman–Crippen MR) is 86.8 cm³/mol. The minimum absolute atomic E-state index is 0.179. The summed E-state index contributed by atoms with van der Waals surface area (Å²) in [5.74, 6) is -0.632. The first kappa shape index (κ1) is 15.1. The molecule has 0 spiro atoms. The number of rotatable bonds is 4. The van der Waals surface area contributed by atoms with Crippen molar-refractivity contribution in [3.63, 3.8) is 0 Å². The molecule has 0 bridgehead atoms. The van der Waals surface area contributed by atoms with Gasteiger partial charge in [0, 0.05) is 12.2 Å². The molecule has 1 heterocycles. The fraction of sp³-hybridized carbons (Fsp3) is 0.222. The van der Waals surface area contributed by atoms with Crippen molar-refractivity contribution in [2.24, 2.45) is 0 Å². The summed E-state index contributed by atoms with van der Waals surface area (Å²) in [6.45, 7) is 2.36. The van der Waals surface area contributed by atoms with Crippen molar-refractivity contribution in [1.29, 1.82) is 0 Å². The van der Waals surface area contributed by atoms with Crippen molar-refractivity contribution in [2.75, 3.05) is 11.9 Å². The Bertz CT molecular complexity index is 715. The molecule has 0 aromatic heterocycles. The zero-order valence-corrected chi connectivity index (χ0v) is 12.9. The third-order valence-electron chi connectivity index (χ3n) is 3.73. The predicted octanol–water partition coefficient (Wildman–Crippen LogP) is 2.64. The van der Waals surface area contributed by atoms with Crippen LogP contribution in [0.5, 0.6) is 0 Å². The molecule has 2 aromatic rings. The summed E-state index contributed by atoms with van der Waals surface area (Å²) in [4.78, 5) is 26.6. The lowest BCUT2D eigenvalue weighted by Crippen LogP contribution is -2.53. The second kappa shape index (κ2) is 6.52. The molecule has 0 fully saturated rings. The summed E-state index contributed by atoms with van der Waals surface area (Å²) < 4.78 is 5.12. The van der Waals surface area contributed by atoms with E-state index in [1.165, 1.54) is 4.90 Å². The molecule has 0 radical (unpaired) electrons. The maximum Gasteiger partial charge on any atom is 0.349 e. The van der Waals surface area contributed by atoms with Crippen LogP contribution in [0.2, 0.25) is 0 Å². The number of para-hydroxylation sites is 1. The van der Waals surface area contributed by atoms with Crippen molar-refractivity contribution >= 4 is 17.6 Å². The number of hydrogen-bond acceptors (Lipinski definition) is 4. The Morgan fingerprint density at radius 2 is 1.83 bits per heavy atom. The van der Waals surface area contributed by atoms with Gasteiger partial charge in [0.2, 0.25) is 6.17 Å². The number of amides is 1. The molecule has 0 saturated carbocycles. The van der Waals surface area contributed by atoms with E-state index in [1.54, 1.807) is 19.1 Å². The van der Waals surface area contributed by atoms with E-state index in [0.29, 0.717) is 17.8 Å². The van der Waals surface area contributed by atoms with Gasteiger partial charge < -0.3 is 15.0 Å². The molecule has 0 aliphatic carbocycles. The molecule has 23 heavy (non-hydrogen) atoms. The second-order valence-electron chi connectivity index (χ2n) is 5.26. The number of benzene rings is 2. The number of ether oxygens (including phenoxy) is 1. The molecule has 2 aromatic carbocycles. The van der Waals surface area contributed by atoms with Gasteiger partial charge in [0.25, 0.3) is 5.91 Å². The Morgan fingerprint density at radius 1 is 1.13 bits per heavy atom. The summed E-state index contributed by atoms with van der Waals surface area (Å²) >= 11 is 0. The van der Waals surface area contributed by atoms with E-state index in [1.807, 2.05) is 42.5 Å². The largest absolute Gasteiger partial charge is 0.463 e. The van der Waals surface area contributed by atoms with E-state index in [0.717, 1.165) is 5.56 Å². The second-order valence-corrected chi connectivity index (χ2v) is 5.26. The number of hydrogen-bond donors (Lipinski definition) is 1. The molecule has 1 aliphatic heterocycles. The standard InChI is InChI=1S/C18H18N2O3/c1-2-23-18(22)16-19-15-11-7-6-10-14(15)17(21)20(16)12-13-8-4-3-5-9-13/h3-11,16,19H,2,12H2,1H3. The van der Waals surface area contributed by atoms with Crippen molar-refractivity contribution < 1.29 is 14.3 Å². The smallest absolute Gasteiger partial charge is 0.349 e. The van der Waals surface area contributed by atoms with Crippen LogP contribution in [0.3, 0.4) is 0 Å². The fourth-order valence-corrected chi connectivity index (χ4v) is 2.64. The topological polar surface area (TPSA) is 58.6 Å². The summed E-state index contributed by atoms with van der Waals surface area (Å²) in [5.41, 5.74) is 2.17. The van der Waals surface area contributed by atoms with Gasteiger partial charge in [-0.25, -0.2) is 4.79 Å². The average molecular weight is 310 g/mol. The molecule has 1 aliphatic rings. The molecule has 1 atom stereocenters. The Balaban J connectivity index is 1.95. The molecule has 3 rings (SSSR count). The van der Waals surface area contributed by atoms with Gasteiger partial charge in [-0.1, -0.05) is 42.5 Å². The number of esters is 1. The Hall–Kier alpha value is -2.82. The van der Waals surface area contributed by atoms with Crippen LogP contribution >= 0.6 is 0 Å². The van der Waals surface area contributed by atoms with Gasteiger partial charge in [0.1, 0.15) is 0 Å². The highest BCUT2D eigenvalue weighted by Gasteiger charge is 2.37. The zero-order chi connectivity index (χ0) is 16.2. The molecular formula is C18H18N2O3.